The van der Waals surface area contributed by atoms with Crippen LogP contribution in [0.15, 0.2) is 53.5 Å². The van der Waals surface area contributed by atoms with Crippen molar-refractivity contribution in [1.82, 2.24) is 4.57 Å². The van der Waals surface area contributed by atoms with Crippen molar-refractivity contribution in [3.63, 3.8) is 0 Å². The third kappa shape index (κ3) is 2.62. The Kier molecular flexibility index (Phi) is 4.04. The number of methoxy groups -OCH3 is 1. The molecule has 122 valence electrons. The van der Waals surface area contributed by atoms with E-state index in [1.54, 1.807) is 31.3 Å². The van der Waals surface area contributed by atoms with Crippen molar-refractivity contribution in [2.45, 2.75) is 0 Å². The molecule has 0 saturated heterocycles. The molecule has 0 aliphatic heterocycles. The lowest BCUT2D eigenvalue weighted by Crippen LogP contribution is -2.24. The summed E-state index contributed by atoms with van der Waals surface area (Å²) in [5.74, 6) is -0.607. The molecule has 1 N–H and O–H groups in total. The fourth-order valence-electron chi connectivity index (χ4n) is 2.62. The van der Waals surface area contributed by atoms with Gasteiger partial charge in [0.05, 0.1) is 18.3 Å². The quantitative estimate of drug-likeness (QED) is 0.805. The lowest BCUT2D eigenvalue weighted by atomic mass is 10.1. The molecule has 0 radical (unpaired) electrons. The van der Waals surface area contributed by atoms with Gasteiger partial charge in [-0.15, -0.1) is 0 Å². The predicted octanol–water partition coefficient (Wildman–Crippen LogP) is 2.94. The molecule has 0 fully saturated rings. The molecule has 24 heavy (non-hydrogen) atoms. The van der Waals surface area contributed by atoms with Crippen LogP contribution in [0.3, 0.4) is 0 Å². The summed E-state index contributed by atoms with van der Waals surface area (Å²) in [6, 6.07) is 11.1. The van der Waals surface area contributed by atoms with Crippen molar-refractivity contribution >= 4 is 22.5 Å². The number of nitrogens with zero attached hydrogens (tertiary/aromatic N) is 1. The fraction of sp³-hybridized carbons (Fsp3) is 0.111. The van der Waals surface area contributed by atoms with Gasteiger partial charge in [-0.3, -0.25) is 9.59 Å². The Bertz CT molecular complexity index is 995. The molecule has 0 aliphatic carbocycles. The third-order valence-corrected chi connectivity index (χ3v) is 3.75. The molecule has 1 heterocycles. The molecule has 1 amide bonds. The number of carbonyl (C=O) groups is 1. The number of rotatable bonds is 3. The topological polar surface area (TPSA) is 60.3 Å². The van der Waals surface area contributed by atoms with Crippen molar-refractivity contribution in [2.75, 3.05) is 12.4 Å². The van der Waals surface area contributed by atoms with Crippen molar-refractivity contribution < 1.29 is 13.9 Å². The standard InChI is InChI=1S/C18H15FN2O3/c1-21-10-12(17(22)11-6-5-7-13(19)16(11)21)18(23)20-14-8-3-4-9-15(14)24-2/h3-10H,1-2H3,(H,20,23). The molecule has 0 spiro atoms. The third-order valence-electron chi connectivity index (χ3n) is 3.75. The number of aromatic nitrogens is 1. The molecule has 3 rings (SSSR count). The Balaban J connectivity index is 2.08. The molecule has 0 atom stereocenters. The number of pyridine rings is 1. The second-order valence-electron chi connectivity index (χ2n) is 5.27. The van der Waals surface area contributed by atoms with E-state index in [0.717, 1.165) is 0 Å². The van der Waals surface area contributed by atoms with Crippen LogP contribution >= 0.6 is 0 Å². The number of ether oxygens (including phenoxy) is 1. The monoisotopic (exact) mass is 326 g/mol. The first-order valence-corrected chi connectivity index (χ1v) is 7.25. The summed E-state index contributed by atoms with van der Waals surface area (Å²) in [5, 5.41) is 2.81. The molecular weight excluding hydrogens is 311 g/mol. The summed E-state index contributed by atoms with van der Waals surface area (Å²) >= 11 is 0. The molecule has 2 aromatic carbocycles. The highest BCUT2D eigenvalue weighted by Crippen LogP contribution is 2.23. The fourth-order valence-corrected chi connectivity index (χ4v) is 2.62. The van der Waals surface area contributed by atoms with E-state index >= 15 is 0 Å². The number of halogens is 1. The van der Waals surface area contributed by atoms with Crippen molar-refractivity contribution in [3.8, 4) is 5.75 Å². The van der Waals surface area contributed by atoms with Crippen LogP contribution in [0.25, 0.3) is 10.9 Å². The van der Waals surface area contributed by atoms with Gasteiger partial charge in [-0.1, -0.05) is 18.2 Å². The maximum Gasteiger partial charge on any atom is 0.261 e. The minimum Gasteiger partial charge on any atom is -0.495 e. The number of nitrogens with one attached hydrogen (secondary N) is 1. The lowest BCUT2D eigenvalue weighted by Gasteiger charge is -2.12. The Hall–Kier alpha value is -3.15. The highest BCUT2D eigenvalue weighted by molar-refractivity contribution is 6.06. The SMILES string of the molecule is COc1ccccc1NC(=O)c1cn(C)c2c(F)cccc2c1=O. The number of hydrogen-bond donors (Lipinski definition) is 1. The van der Waals surface area contributed by atoms with Gasteiger partial charge < -0.3 is 14.6 Å². The number of aryl methyl sites for hydroxylation is 1. The van der Waals surface area contributed by atoms with Gasteiger partial charge in [-0.2, -0.15) is 0 Å². The average Bonchev–Trinajstić information content (AvgIpc) is 2.58. The molecule has 0 bridgehead atoms. The Labute approximate surface area is 137 Å². The Morgan fingerprint density at radius 3 is 2.67 bits per heavy atom. The molecule has 0 aliphatic rings. The van der Waals surface area contributed by atoms with E-state index in [2.05, 4.69) is 5.32 Å². The largest absolute Gasteiger partial charge is 0.495 e. The molecular formula is C18H15FN2O3. The zero-order valence-corrected chi connectivity index (χ0v) is 13.2. The zero-order valence-electron chi connectivity index (χ0n) is 13.2. The van der Waals surface area contributed by atoms with Gasteiger partial charge >= 0.3 is 0 Å². The smallest absolute Gasteiger partial charge is 0.261 e. The molecule has 1 aromatic heterocycles. The number of anilines is 1. The van der Waals surface area contributed by atoms with E-state index in [1.165, 1.54) is 36.1 Å². The van der Waals surface area contributed by atoms with Gasteiger partial charge in [0.2, 0.25) is 5.43 Å². The highest BCUT2D eigenvalue weighted by Gasteiger charge is 2.17. The first-order chi connectivity index (χ1) is 11.5. The average molecular weight is 326 g/mol. The van der Waals surface area contributed by atoms with Crippen LogP contribution in [0.4, 0.5) is 10.1 Å². The maximum absolute atomic E-state index is 13.9. The minimum absolute atomic E-state index is 0.0680. The normalized spacial score (nSPS) is 10.6. The number of para-hydroxylation sites is 3. The van der Waals surface area contributed by atoms with Crippen LogP contribution in [0.5, 0.6) is 5.75 Å². The van der Waals surface area contributed by atoms with Crippen LogP contribution in [0.1, 0.15) is 10.4 Å². The Morgan fingerprint density at radius 2 is 1.92 bits per heavy atom. The number of benzene rings is 2. The van der Waals surface area contributed by atoms with Crippen LogP contribution in [-0.2, 0) is 7.05 Å². The summed E-state index contributed by atoms with van der Waals surface area (Å²) in [6.45, 7) is 0. The first-order valence-electron chi connectivity index (χ1n) is 7.25. The van der Waals surface area contributed by atoms with E-state index in [0.29, 0.717) is 11.4 Å². The first kappa shape index (κ1) is 15.7. The van der Waals surface area contributed by atoms with Gasteiger partial charge in [0.15, 0.2) is 0 Å². The molecule has 3 aromatic rings. The van der Waals surface area contributed by atoms with Crippen LogP contribution < -0.4 is 15.5 Å². The molecule has 0 unspecified atom stereocenters. The number of amides is 1. The second-order valence-corrected chi connectivity index (χ2v) is 5.27. The molecule has 0 saturated carbocycles. The van der Waals surface area contributed by atoms with E-state index < -0.39 is 17.2 Å². The van der Waals surface area contributed by atoms with Gasteiger partial charge in [0.25, 0.3) is 5.91 Å². The van der Waals surface area contributed by atoms with Crippen molar-refractivity contribution in [1.29, 1.82) is 0 Å². The van der Waals surface area contributed by atoms with Crippen LogP contribution in [0.2, 0.25) is 0 Å². The summed E-state index contributed by atoms with van der Waals surface area (Å²) < 4.78 is 20.5. The van der Waals surface area contributed by atoms with Crippen molar-refractivity contribution in [2.24, 2.45) is 7.05 Å². The summed E-state index contributed by atoms with van der Waals surface area (Å²) in [7, 11) is 3.08. The van der Waals surface area contributed by atoms with E-state index in [9.17, 15) is 14.0 Å². The van der Waals surface area contributed by atoms with E-state index in [4.69, 9.17) is 4.74 Å². The van der Waals surface area contributed by atoms with E-state index in [-0.39, 0.29) is 16.5 Å². The highest BCUT2D eigenvalue weighted by atomic mass is 19.1. The van der Waals surface area contributed by atoms with E-state index in [1.807, 2.05) is 0 Å². The van der Waals surface area contributed by atoms with Gasteiger partial charge in [-0.05, 0) is 24.3 Å². The Morgan fingerprint density at radius 1 is 1.17 bits per heavy atom. The minimum atomic E-state index is -0.578. The van der Waals surface area contributed by atoms with Crippen molar-refractivity contribution in [3.05, 3.63) is 70.3 Å². The van der Waals surface area contributed by atoms with Crippen LogP contribution in [0, 0.1) is 5.82 Å². The predicted molar refractivity (Wildman–Crippen MR) is 90.1 cm³/mol. The number of fused-ring (bicyclic) bond motifs is 1. The second kappa shape index (κ2) is 6.16. The molecule has 6 heteroatoms. The lowest BCUT2D eigenvalue weighted by molar-refractivity contribution is 0.102. The van der Waals surface area contributed by atoms with Crippen LogP contribution in [-0.4, -0.2) is 17.6 Å². The van der Waals surface area contributed by atoms with Gasteiger partial charge in [0, 0.05) is 18.6 Å². The summed E-state index contributed by atoms with van der Waals surface area (Å²) in [4.78, 5) is 25.1. The maximum atomic E-state index is 13.9. The zero-order chi connectivity index (χ0) is 17.3. The number of hydrogen-bond acceptors (Lipinski definition) is 3. The summed E-state index contributed by atoms with van der Waals surface area (Å²) in [5.41, 5.74) is 0.0271. The number of carbonyl (C=O) groups excluding carboxylic acids is 1. The molecule has 5 nitrogen and oxygen atoms in total. The van der Waals surface area contributed by atoms with Gasteiger partial charge in [0.1, 0.15) is 17.1 Å². The summed E-state index contributed by atoms with van der Waals surface area (Å²) in [6.07, 6.45) is 1.33. The van der Waals surface area contributed by atoms with Gasteiger partial charge in [-0.25, -0.2) is 4.39 Å².